The standard InChI is InChI=1S/C15H20F2N4O3.ClH/c1-9-6-12(20-24-9)19-13(22)10-2-4-21(5-3-10)14(23)11-7-15(16,17)8-18-11;/h6,10-11,18H,2-5,7-8H2,1H3,(H,19,20,22);1H. The maximum Gasteiger partial charge on any atom is 0.262 e. The highest BCUT2D eigenvalue weighted by Gasteiger charge is 2.44. The van der Waals surface area contributed by atoms with Crippen LogP contribution >= 0.6 is 12.4 Å². The minimum atomic E-state index is -2.83. The zero-order chi connectivity index (χ0) is 17.3. The normalized spacial score (nSPS) is 23.2. The first-order valence-corrected chi connectivity index (χ1v) is 7.98. The third-order valence-corrected chi connectivity index (χ3v) is 4.46. The zero-order valence-corrected chi connectivity index (χ0v) is 14.6. The molecular weight excluding hydrogens is 358 g/mol. The second-order valence-corrected chi connectivity index (χ2v) is 6.41. The Morgan fingerprint density at radius 2 is 2.08 bits per heavy atom. The van der Waals surface area contributed by atoms with Crippen molar-refractivity contribution in [3.05, 3.63) is 11.8 Å². The van der Waals surface area contributed by atoms with Crippen LogP contribution in [0, 0.1) is 12.8 Å². The Labute approximate surface area is 149 Å². The van der Waals surface area contributed by atoms with Crippen molar-refractivity contribution in [2.24, 2.45) is 5.92 Å². The van der Waals surface area contributed by atoms with Gasteiger partial charge in [-0.3, -0.25) is 14.9 Å². The number of amides is 2. The number of hydrogen-bond donors (Lipinski definition) is 2. The van der Waals surface area contributed by atoms with E-state index in [-0.39, 0.29) is 30.1 Å². The molecule has 140 valence electrons. The molecule has 3 heterocycles. The van der Waals surface area contributed by atoms with E-state index in [1.807, 2.05) is 0 Å². The van der Waals surface area contributed by atoms with Crippen LogP contribution in [0.2, 0.25) is 0 Å². The fourth-order valence-electron chi connectivity index (χ4n) is 3.13. The van der Waals surface area contributed by atoms with E-state index in [1.54, 1.807) is 17.9 Å². The van der Waals surface area contributed by atoms with E-state index >= 15 is 0 Å². The third kappa shape index (κ3) is 4.66. The van der Waals surface area contributed by atoms with Crippen LogP contribution in [0.25, 0.3) is 0 Å². The van der Waals surface area contributed by atoms with Gasteiger partial charge in [-0.25, -0.2) is 8.78 Å². The highest BCUT2D eigenvalue weighted by Crippen LogP contribution is 2.27. The Morgan fingerprint density at radius 1 is 1.40 bits per heavy atom. The quantitative estimate of drug-likeness (QED) is 0.833. The van der Waals surface area contributed by atoms with Crippen molar-refractivity contribution in [2.45, 2.75) is 38.2 Å². The second kappa shape index (κ2) is 7.65. The lowest BCUT2D eigenvalue weighted by Crippen LogP contribution is -2.48. The first-order valence-electron chi connectivity index (χ1n) is 7.98. The number of halogens is 3. The summed E-state index contributed by atoms with van der Waals surface area (Å²) in [4.78, 5) is 26.0. The Hall–Kier alpha value is -1.74. The smallest absolute Gasteiger partial charge is 0.262 e. The van der Waals surface area contributed by atoms with Gasteiger partial charge in [-0.15, -0.1) is 12.4 Å². The van der Waals surface area contributed by atoms with Crippen molar-refractivity contribution in [3.8, 4) is 0 Å². The third-order valence-electron chi connectivity index (χ3n) is 4.46. The molecule has 0 aromatic carbocycles. The van der Waals surface area contributed by atoms with Gasteiger partial charge in [0.05, 0.1) is 12.6 Å². The van der Waals surface area contributed by atoms with Gasteiger partial charge in [0.15, 0.2) is 5.82 Å². The molecule has 7 nitrogen and oxygen atoms in total. The highest BCUT2D eigenvalue weighted by atomic mass is 35.5. The van der Waals surface area contributed by atoms with Crippen LogP contribution in [0.1, 0.15) is 25.0 Å². The lowest BCUT2D eigenvalue weighted by atomic mass is 9.95. The largest absolute Gasteiger partial charge is 0.360 e. The number of nitrogens with zero attached hydrogens (tertiary/aromatic N) is 2. The molecule has 2 N–H and O–H groups in total. The fraction of sp³-hybridized carbons (Fsp3) is 0.667. The lowest BCUT2D eigenvalue weighted by Gasteiger charge is -2.32. The molecule has 1 aromatic heterocycles. The number of carbonyl (C=O) groups is 2. The van der Waals surface area contributed by atoms with Gasteiger partial charge < -0.3 is 14.7 Å². The number of likely N-dealkylation sites (tertiary alicyclic amines) is 1. The zero-order valence-electron chi connectivity index (χ0n) is 13.8. The summed E-state index contributed by atoms with van der Waals surface area (Å²) in [6.45, 7) is 2.05. The summed E-state index contributed by atoms with van der Waals surface area (Å²) in [5.41, 5.74) is 0. The van der Waals surface area contributed by atoms with Crippen LogP contribution in [0.15, 0.2) is 10.6 Å². The molecule has 2 saturated heterocycles. The molecule has 2 aliphatic heterocycles. The predicted molar refractivity (Wildman–Crippen MR) is 87.8 cm³/mol. The van der Waals surface area contributed by atoms with Gasteiger partial charge in [-0.2, -0.15) is 0 Å². The molecule has 0 saturated carbocycles. The Morgan fingerprint density at radius 3 is 2.60 bits per heavy atom. The van der Waals surface area contributed by atoms with Crippen molar-refractivity contribution in [1.82, 2.24) is 15.4 Å². The molecule has 1 atom stereocenters. The molecule has 25 heavy (non-hydrogen) atoms. The molecule has 0 radical (unpaired) electrons. The molecule has 0 bridgehead atoms. The van der Waals surface area contributed by atoms with E-state index in [0.717, 1.165) is 0 Å². The number of nitrogens with one attached hydrogen (secondary N) is 2. The Kier molecular flexibility index (Phi) is 5.99. The minimum absolute atomic E-state index is 0. The summed E-state index contributed by atoms with van der Waals surface area (Å²) >= 11 is 0. The molecule has 0 aliphatic carbocycles. The molecule has 0 spiro atoms. The highest BCUT2D eigenvalue weighted by molar-refractivity contribution is 5.92. The number of aromatic nitrogens is 1. The van der Waals surface area contributed by atoms with Crippen LogP contribution in [0.3, 0.4) is 0 Å². The number of piperidine rings is 1. The topological polar surface area (TPSA) is 87.5 Å². The first kappa shape index (κ1) is 19.6. The van der Waals surface area contributed by atoms with Gasteiger partial charge in [0, 0.05) is 31.5 Å². The van der Waals surface area contributed by atoms with E-state index in [0.29, 0.717) is 37.5 Å². The number of carbonyl (C=O) groups excluding carboxylic acids is 2. The number of alkyl halides is 2. The van der Waals surface area contributed by atoms with Crippen LogP contribution < -0.4 is 10.6 Å². The molecule has 10 heteroatoms. The lowest BCUT2D eigenvalue weighted by molar-refractivity contribution is -0.136. The summed E-state index contributed by atoms with van der Waals surface area (Å²) in [7, 11) is 0. The van der Waals surface area contributed by atoms with Crippen molar-refractivity contribution in [1.29, 1.82) is 0 Å². The molecule has 3 rings (SSSR count). The summed E-state index contributed by atoms with van der Waals surface area (Å²) in [6, 6.07) is 0.797. The summed E-state index contributed by atoms with van der Waals surface area (Å²) in [5.74, 6) is -2.56. The van der Waals surface area contributed by atoms with Crippen molar-refractivity contribution < 1.29 is 22.9 Å². The number of aryl methyl sites for hydroxylation is 1. The maximum atomic E-state index is 13.2. The molecule has 1 unspecified atom stereocenters. The van der Waals surface area contributed by atoms with Crippen LogP contribution in [0.4, 0.5) is 14.6 Å². The maximum absolute atomic E-state index is 13.2. The van der Waals surface area contributed by atoms with Crippen molar-refractivity contribution in [2.75, 3.05) is 25.0 Å². The van der Waals surface area contributed by atoms with Gasteiger partial charge in [0.25, 0.3) is 5.92 Å². The number of hydrogen-bond acceptors (Lipinski definition) is 5. The van der Waals surface area contributed by atoms with Crippen molar-refractivity contribution in [3.63, 3.8) is 0 Å². The minimum Gasteiger partial charge on any atom is -0.360 e. The Bertz CT molecular complexity index is 632. The SMILES string of the molecule is Cc1cc(NC(=O)C2CCN(C(=O)C3CC(F)(F)CN3)CC2)no1.Cl. The van der Waals surface area contributed by atoms with Gasteiger partial charge >= 0.3 is 0 Å². The molecule has 2 fully saturated rings. The average molecular weight is 379 g/mol. The second-order valence-electron chi connectivity index (χ2n) is 6.41. The monoisotopic (exact) mass is 378 g/mol. The van der Waals surface area contributed by atoms with E-state index in [1.165, 1.54) is 0 Å². The van der Waals surface area contributed by atoms with Gasteiger partial charge in [0.2, 0.25) is 11.8 Å². The first-order chi connectivity index (χ1) is 11.3. The summed E-state index contributed by atoms with van der Waals surface area (Å²) in [6.07, 6.45) is 0.535. The van der Waals surface area contributed by atoms with Crippen LogP contribution in [0.5, 0.6) is 0 Å². The van der Waals surface area contributed by atoms with Gasteiger partial charge in [-0.05, 0) is 19.8 Å². The molecular formula is C15H21ClF2N4O3. The van der Waals surface area contributed by atoms with Crippen LogP contribution in [-0.4, -0.2) is 53.5 Å². The van der Waals surface area contributed by atoms with E-state index in [4.69, 9.17) is 4.52 Å². The molecule has 2 amide bonds. The van der Waals surface area contributed by atoms with E-state index in [2.05, 4.69) is 15.8 Å². The Balaban J connectivity index is 0.00000225. The summed E-state index contributed by atoms with van der Waals surface area (Å²) < 4.78 is 31.3. The van der Waals surface area contributed by atoms with Crippen LogP contribution in [-0.2, 0) is 9.59 Å². The number of anilines is 1. The van der Waals surface area contributed by atoms with Gasteiger partial charge in [-0.1, -0.05) is 5.16 Å². The van der Waals surface area contributed by atoms with Crippen molar-refractivity contribution >= 4 is 30.0 Å². The van der Waals surface area contributed by atoms with E-state index in [9.17, 15) is 18.4 Å². The average Bonchev–Trinajstić information content (AvgIpc) is 3.12. The molecule has 1 aromatic rings. The van der Waals surface area contributed by atoms with Gasteiger partial charge in [0.1, 0.15) is 5.76 Å². The summed E-state index contributed by atoms with van der Waals surface area (Å²) in [5, 5.41) is 8.97. The van der Waals surface area contributed by atoms with E-state index < -0.39 is 24.9 Å². The number of rotatable bonds is 3. The fourth-order valence-corrected chi connectivity index (χ4v) is 3.13. The molecule has 2 aliphatic rings. The predicted octanol–water partition coefficient (Wildman–Crippen LogP) is 1.58.